The first-order valence-electron chi connectivity index (χ1n) is 6.04. The van der Waals surface area contributed by atoms with Gasteiger partial charge in [-0.15, -0.1) is 0 Å². The van der Waals surface area contributed by atoms with Crippen molar-refractivity contribution in [2.45, 2.75) is 12.8 Å². The van der Waals surface area contributed by atoms with Crippen molar-refractivity contribution in [3.63, 3.8) is 0 Å². The molecule has 0 aromatic heterocycles. The normalized spacial score (nSPS) is 10.2. The molecular formula is C15H15FN2O. The Labute approximate surface area is 111 Å². The predicted octanol–water partition coefficient (Wildman–Crippen LogP) is 2.98. The van der Waals surface area contributed by atoms with E-state index in [0.717, 1.165) is 5.56 Å². The van der Waals surface area contributed by atoms with Gasteiger partial charge in [-0.25, -0.2) is 4.39 Å². The first-order chi connectivity index (χ1) is 9.15. The molecule has 0 fully saturated rings. The van der Waals surface area contributed by atoms with E-state index in [0.29, 0.717) is 24.2 Å². The average Bonchev–Trinajstić information content (AvgIpc) is 2.38. The van der Waals surface area contributed by atoms with E-state index in [2.05, 4.69) is 5.32 Å². The fraction of sp³-hybridized carbons (Fsp3) is 0.133. The Balaban J connectivity index is 1.90. The van der Waals surface area contributed by atoms with Crippen molar-refractivity contribution in [3.8, 4) is 0 Å². The second kappa shape index (κ2) is 6.00. The molecule has 19 heavy (non-hydrogen) atoms. The summed E-state index contributed by atoms with van der Waals surface area (Å²) >= 11 is 0. The van der Waals surface area contributed by atoms with E-state index in [-0.39, 0.29) is 11.7 Å². The van der Waals surface area contributed by atoms with E-state index in [9.17, 15) is 9.18 Å². The van der Waals surface area contributed by atoms with Crippen molar-refractivity contribution < 1.29 is 9.18 Å². The highest BCUT2D eigenvalue weighted by atomic mass is 19.1. The molecular weight excluding hydrogens is 243 g/mol. The maximum Gasteiger partial charge on any atom is 0.224 e. The van der Waals surface area contributed by atoms with Gasteiger partial charge in [-0.05, 0) is 36.2 Å². The van der Waals surface area contributed by atoms with Crippen molar-refractivity contribution in [3.05, 3.63) is 59.9 Å². The fourth-order valence-corrected chi connectivity index (χ4v) is 1.80. The highest BCUT2D eigenvalue weighted by Gasteiger charge is 2.05. The van der Waals surface area contributed by atoms with E-state index >= 15 is 0 Å². The van der Waals surface area contributed by atoms with Crippen LogP contribution in [0.5, 0.6) is 0 Å². The molecule has 0 unspecified atom stereocenters. The minimum Gasteiger partial charge on any atom is -0.399 e. The van der Waals surface area contributed by atoms with Gasteiger partial charge in [0.25, 0.3) is 0 Å². The number of anilines is 2. The Hall–Kier alpha value is -2.36. The highest BCUT2D eigenvalue weighted by molar-refractivity contribution is 5.90. The first-order valence-corrected chi connectivity index (χ1v) is 6.04. The van der Waals surface area contributed by atoms with E-state index in [4.69, 9.17) is 5.73 Å². The molecule has 1 amide bonds. The highest BCUT2D eigenvalue weighted by Crippen LogP contribution is 2.14. The first kappa shape index (κ1) is 13.1. The van der Waals surface area contributed by atoms with Crippen molar-refractivity contribution in [1.82, 2.24) is 0 Å². The second-order valence-corrected chi connectivity index (χ2v) is 4.26. The number of amides is 1. The van der Waals surface area contributed by atoms with Gasteiger partial charge in [0.1, 0.15) is 5.82 Å². The molecule has 0 saturated carbocycles. The summed E-state index contributed by atoms with van der Waals surface area (Å²) in [7, 11) is 0. The van der Waals surface area contributed by atoms with Crippen molar-refractivity contribution in [1.29, 1.82) is 0 Å². The SMILES string of the molecule is Nc1ccccc1CCC(=O)Nc1cccc(F)c1. The van der Waals surface area contributed by atoms with Gasteiger partial charge in [0.2, 0.25) is 5.91 Å². The molecule has 0 aliphatic rings. The van der Waals surface area contributed by atoms with Gasteiger partial charge in [-0.1, -0.05) is 24.3 Å². The second-order valence-electron chi connectivity index (χ2n) is 4.26. The summed E-state index contributed by atoms with van der Waals surface area (Å²) in [6.45, 7) is 0. The summed E-state index contributed by atoms with van der Waals surface area (Å²) in [5.41, 5.74) is 7.88. The lowest BCUT2D eigenvalue weighted by atomic mass is 10.1. The zero-order chi connectivity index (χ0) is 13.7. The van der Waals surface area contributed by atoms with Crippen LogP contribution in [0.4, 0.5) is 15.8 Å². The van der Waals surface area contributed by atoms with Gasteiger partial charge in [0, 0.05) is 17.8 Å². The molecule has 98 valence electrons. The molecule has 0 aliphatic heterocycles. The third kappa shape index (κ3) is 3.81. The molecule has 3 N–H and O–H groups in total. The summed E-state index contributed by atoms with van der Waals surface area (Å²) in [6.07, 6.45) is 0.874. The average molecular weight is 258 g/mol. The molecule has 4 heteroatoms. The number of rotatable bonds is 4. The fourth-order valence-electron chi connectivity index (χ4n) is 1.80. The largest absolute Gasteiger partial charge is 0.399 e. The minimum atomic E-state index is -0.370. The van der Waals surface area contributed by atoms with Gasteiger partial charge < -0.3 is 11.1 Å². The molecule has 0 heterocycles. The van der Waals surface area contributed by atoms with Crippen LogP contribution in [0.15, 0.2) is 48.5 Å². The number of carbonyl (C=O) groups excluding carboxylic acids is 1. The number of nitrogen functional groups attached to an aromatic ring is 1. The van der Waals surface area contributed by atoms with E-state index < -0.39 is 0 Å². The van der Waals surface area contributed by atoms with Crippen LogP contribution in [0.1, 0.15) is 12.0 Å². The smallest absolute Gasteiger partial charge is 0.224 e. The number of para-hydroxylation sites is 1. The van der Waals surface area contributed by atoms with Crippen LogP contribution < -0.4 is 11.1 Å². The molecule has 0 aliphatic carbocycles. The lowest BCUT2D eigenvalue weighted by Gasteiger charge is -2.07. The minimum absolute atomic E-state index is 0.158. The summed E-state index contributed by atoms with van der Waals surface area (Å²) in [6, 6.07) is 13.3. The Kier molecular flexibility index (Phi) is 4.13. The van der Waals surface area contributed by atoms with Crippen LogP contribution in [0.3, 0.4) is 0 Å². The standard InChI is InChI=1S/C15H15FN2O/c16-12-5-3-6-13(10-12)18-15(19)9-8-11-4-1-2-7-14(11)17/h1-7,10H,8-9,17H2,(H,18,19). The zero-order valence-electron chi connectivity index (χ0n) is 10.4. The molecule has 2 rings (SSSR count). The van der Waals surface area contributed by atoms with E-state index in [1.54, 1.807) is 18.2 Å². The number of hydrogen-bond donors (Lipinski definition) is 2. The van der Waals surface area contributed by atoms with Gasteiger partial charge >= 0.3 is 0 Å². The quantitative estimate of drug-likeness (QED) is 0.828. The Morgan fingerprint density at radius 1 is 1.16 bits per heavy atom. The number of carbonyl (C=O) groups is 1. The molecule has 0 spiro atoms. The summed E-state index contributed by atoms with van der Waals surface area (Å²) in [5, 5.41) is 2.65. The third-order valence-electron chi connectivity index (χ3n) is 2.78. The number of benzene rings is 2. The van der Waals surface area contributed by atoms with Gasteiger partial charge in [-0.2, -0.15) is 0 Å². The van der Waals surface area contributed by atoms with Crippen LogP contribution in [-0.4, -0.2) is 5.91 Å². The monoisotopic (exact) mass is 258 g/mol. The molecule has 0 radical (unpaired) electrons. The summed E-state index contributed by atoms with van der Waals surface area (Å²) in [5.74, 6) is -0.529. The van der Waals surface area contributed by atoms with Crippen molar-refractivity contribution in [2.75, 3.05) is 11.1 Å². The van der Waals surface area contributed by atoms with Crippen LogP contribution in [-0.2, 0) is 11.2 Å². The van der Waals surface area contributed by atoms with E-state index in [1.165, 1.54) is 12.1 Å². The van der Waals surface area contributed by atoms with Crippen molar-refractivity contribution in [2.24, 2.45) is 0 Å². The summed E-state index contributed by atoms with van der Waals surface area (Å²) < 4.78 is 13.0. The van der Waals surface area contributed by atoms with E-state index in [1.807, 2.05) is 18.2 Å². The lowest BCUT2D eigenvalue weighted by molar-refractivity contribution is -0.116. The molecule has 3 nitrogen and oxygen atoms in total. The molecule has 2 aromatic rings. The van der Waals surface area contributed by atoms with Crippen LogP contribution in [0.25, 0.3) is 0 Å². The van der Waals surface area contributed by atoms with Gasteiger partial charge in [0.15, 0.2) is 0 Å². The van der Waals surface area contributed by atoms with Crippen LogP contribution in [0, 0.1) is 5.82 Å². The van der Waals surface area contributed by atoms with Crippen LogP contribution >= 0.6 is 0 Å². The molecule has 2 aromatic carbocycles. The molecule has 0 atom stereocenters. The summed E-state index contributed by atoms with van der Waals surface area (Å²) in [4.78, 5) is 11.7. The number of halogens is 1. The van der Waals surface area contributed by atoms with Gasteiger partial charge in [-0.3, -0.25) is 4.79 Å². The Morgan fingerprint density at radius 2 is 1.95 bits per heavy atom. The topological polar surface area (TPSA) is 55.1 Å². The number of nitrogens with two attached hydrogens (primary N) is 1. The number of hydrogen-bond acceptors (Lipinski definition) is 2. The zero-order valence-corrected chi connectivity index (χ0v) is 10.4. The predicted molar refractivity (Wildman–Crippen MR) is 74.2 cm³/mol. The lowest BCUT2D eigenvalue weighted by Crippen LogP contribution is -2.12. The Bertz CT molecular complexity index is 584. The maximum absolute atomic E-state index is 13.0. The number of aryl methyl sites for hydroxylation is 1. The number of nitrogens with one attached hydrogen (secondary N) is 1. The van der Waals surface area contributed by atoms with Crippen LogP contribution in [0.2, 0.25) is 0 Å². The molecule has 0 bridgehead atoms. The van der Waals surface area contributed by atoms with Gasteiger partial charge in [0.05, 0.1) is 0 Å². The van der Waals surface area contributed by atoms with Crippen molar-refractivity contribution >= 4 is 17.3 Å². The molecule has 0 saturated heterocycles. The Morgan fingerprint density at radius 3 is 2.68 bits per heavy atom. The maximum atomic E-state index is 13.0. The third-order valence-corrected chi connectivity index (χ3v) is 2.78.